The number of hydrogen-bond acceptors (Lipinski definition) is 5. The van der Waals surface area contributed by atoms with Crippen LogP contribution >= 0.6 is 0 Å². The summed E-state index contributed by atoms with van der Waals surface area (Å²) in [7, 11) is -0.511. The summed E-state index contributed by atoms with van der Waals surface area (Å²) in [5.74, 6) is 0.633. The first-order valence-corrected chi connectivity index (χ1v) is 8.31. The highest BCUT2D eigenvalue weighted by Crippen LogP contribution is 2.34. The van der Waals surface area contributed by atoms with Gasteiger partial charge in [0.2, 0.25) is 5.09 Å². The van der Waals surface area contributed by atoms with Gasteiger partial charge in [0.15, 0.2) is 0 Å². The summed E-state index contributed by atoms with van der Waals surface area (Å²) in [6.07, 6.45) is 4.02. The molecule has 1 N–H and O–H groups in total. The smallest absolute Gasteiger partial charge is 0.275 e. The molecule has 112 valence electrons. The van der Waals surface area contributed by atoms with E-state index in [1.807, 2.05) is 0 Å². The fourth-order valence-electron chi connectivity index (χ4n) is 2.86. The normalized spacial score (nSPS) is 29.4. The van der Waals surface area contributed by atoms with Crippen LogP contribution in [0.5, 0.6) is 0 Å². The van der Waals surface area contributed by atoms with Crippen molar-refractivity contribution >= 4 is 10.0 Å². The van der Waals surface area contributed by atoms with E-state index in [4.69, 9.17) is 9.15 Å². The molecule has 0 radical (unpaired) electrons. The molecular weight excluding hydrogens is 280 g/mol. The van der Waals surface area contributed by atoms with Crippen LogP contribution in [0.1, 0.15) is 25.0 Å². The molecule has 0 spiro atoms. The monoisotopic (exact) mass is 300 g/mol. The van der Waals surface area contributed by atoms with Crippen LogP contribution in [0.15, 0.2) is 21.6 Å². The number of rotatable bonds is 5. The van der Waals surface area contributed by atoms with Crippen molar-refractivity contribution in [1.82, 2.24) is 9.62 Å². The molecule has 3 atom stereocenters. The molecule has 0 aliphatic carbocycles. The van der Waals surface area contributed by atoms with Crippen LogP contribution in [-0.4, -0.2) is 45.1 Å². The molecule has 2 aliphatic rings. The molecule has 0 saturated carbocycles. The Morgan fingerprint density at radius 3 is 2.75 bits per heavy atom. The topological polar surface area (TPSA) is 71.8 Å². The zero-order valence-corrected chi connectivity index (χ0v) is 12.5. The van der Waals surface area contributed by atoms with Gasteiger partial charge in [0.25, 0.3) is 10.0 Å². The molecule has 2 fully saturated rings. The molecule has 2 saturated heterocycles. The molecule has 2 aliphatic heterocycles. The minimum absolute atomic E-state index is 0.0107. The molecule has 1 aromatic rings. The molecule has 1 aromatic heterocycles. The maximum absolute atomic E-state index is 11.9. The van der Waals surface area contributed by atoms with E-state index in [-0.39, 0.29) is 5.09 Å². The van der Waals surface area contributed by atoms with Gasteiger partial charge in [-0.15, -0.1) is 0 Å². The summed E-state index contributed by atoms with van der Waals surface area (Å²) >= 11 is 0. The van der Waals surface area contributed by atoms with E-state index in [1.165, 1.54) is 20.2 Å². The zero-order chi connectivity index (χ0) is 14.3. The van der Waals surface area contributed by atoms with Crippen LogP contribution < -0.4 is 5.32 Å². The third-order valence-electron chi connectivity index (χ3n) is 4.02. The summed E-state index contributed by atoms with van der Waals surface area (Å²) in [5.41, 5.74) is 0. The predicted molar refractivity (Wildman–Crippen MR) is 72.7 cm³/mol. The maximum atomic E-state index is 11.9. The molecule has 3 heterocycles. The number of nitrogens with one attached hydrogen (secondary N) is 1. The van der Waals surface area contributed by atoms with Crippen molar-refractivity contribution in [3.05, 3.63) is 17.9 Å². The Bertz CT molecular complexity index is 581. The second-order valence-corrected chi connectivity index (χ2v) is 7.69. The molecular formula is C13H20N2O4S. The molecule has 0 aromatic carbocycles. The van der Waals surface area contributed by atoms with Crippen LogP contribution in [0, 0.1) is 0 Å². The van der Waals surface area contributed by atoms with Crippen molar-refractivity contribution < 1.29 is 17.6 Å². The standard InChI is InChI=1S/C13H20N2O4S/c1-15(2)20(16,17)13-6-4-10(19-13)8-14-11-7-9-3-5-12(11)18-9/h4,6,9,11-12,14H,3,5,7-8H2,1-2H3. The lowest BCUT2D eigenvalue weighted by atomic mass is 9.95. The van der Waals surface area contributed by atoms with Crippen molar-refractivity contribution in [3.63, 3.8) is 0 Å². The minimum Gasteiger partial charge on any atom is -0.447 e. The Kier molecular flexibility index (Phi) is 3.62. The van der Waals surface area contributed by atoms with Gasteiger partial charge in [-0.2, -0.15) is 0 Å². The summed E-state index contributed by atoms with van der Waals surface area (Å²) < 4.78 is 36.1. The number of ether oxygens (including phenoxy) is 1. The van der Waals surface area contributed by atoms with E-state index in [0.29, 0.717) is 30.6 Å². The average Bonchev–Trinajstić information content (AvgIpc) is 3.12. The van der Waals surface area contributed by atoms with E-state index in [2.05, 4.69) is 5.32 Å². The second-order valence-electron chi connectivity index (χ2n) is 5.61. The number of fused-ring (bicyclic) bond motifs is 2. The molecule has 0 amide bonds. The highest BCUT2D eigenvalue weighted by Gasteiger charge is 2.40. The highest BCUT2D eigenvalue weighted by molar-refractivity contribution is 7.88. The van der Waals surface area contributed by atoms with Gasteiger partial charge in [0, 0.05) is 20.1 Å². The Labute approximate surface area is 119 Å². The third-order valence-corrected chi connectivity index (χ3v) is 5.71. The Morgan fingerprint density at radius 2 is 2.15 bits per heavy atom. The van der Waals surface area contributed by atoms with Crippen molar-refractivity contribution in [2.75, 3.05) is 14.1 Å². The van der Waals surface area contributed by atoms with Crippen molar-refractivity contribution in [1.29, 1.82) is 0 Å². The largest absolute Gasteiger partial charge is 0.447 e. The number of sulfonamides is 1. The number of furan rings is 1. The quantitative estimate of drug-likeness (QED) is 0.876. The minimum atomic E-state index is -3.49. The van der Waals surface area contributed by atoms with Gasteiger partial charge in [0.05, 0.1) is 18.8 Å². The van der Waals surface area contributed by atoms with Gasteiger partial charge in [-0.3, -0.25) is 0 Å². The van der Waals surface area contributed by atoms with Gasteiger partial charge in [-0.05, 0) is 31.4 Å². The van der Waals surface area contributed by atoms with E-state index in [0.717, 1.165) is 23.6 Å². The molecule has 6 nitrogen and oxygen atoms in total. The third kappa shape index (κ3) is 2.50. The first kappa shape index (κ1) is 14.1. The lowest BCUT2D eigenvalue weighted by Gasteiger charge is -2.19. The van der Waals surface area contributed by atoms with Crippen molar-refractivity contribution in [2.45, 2.75) is 49.1 Å². The van der Waals surface area contributed by atoms with Crippen LogP contribution in [0.2, 0.25) is 0 Å². The first-order valence-electron chi connectivity index (χ1n) is 6.87. The average molecular weight is 300 g/mol. The molecule has 3 rings (SSSR count). The van der Waals surface area contributed by atoms with Crippen LogP contribution in [0.4, 0.5) is 0 Å². The van der Waals surface area contributed by atoms with Gasteiger partial charge in [-0.25, -0.2) is 12.7 Å². The zero-order valence-electron chi connectivity index (χ0n) is 11.7. The fourth-order valence-corrected chi connectivity index (χ4v) is 3.67. The van der Waals surface area contributed by atoms with Gasteiger partial charge in [0.1, 0.15) is 5.76 Å². The lowest BCUT2D eigenvalue weighted by molar-refractivity contribution is 0.0970. The van der Waals surface area contributed by atoms with Gasteiger partial charge < -0.3 is 14.5 Å². The number of nitrogens with zero attached hydrogens (tertiary/aromatic N) is 1. The Hall–Kier alpha value is -0.890. The van der Waals surface area contributed by atoms with E-state index >= 15 is 0 Å². The Balaban J connectivity index is 1.61. The van der Waals surface area contributed by atoms with Crippen molar-refractivity contribution in [2.24, 2.45) is 0 Å². The lowest BCUT2D eigenvalue weighted by Crippen LogP contribution is -2.36. The predicted octanol–water partition coefficient (Wildman–Crippen LogP) is 0.939. The SMILES string of the molecule is CN(C)S(=O)(=O)c1ccc(CNC2CC3CCC2O3)o1. The van der Waals surface area contributed by atoms with E-state index < -0.39 is 10.0 Å². The van der Waals surface area contributed by atoms with E-state index in [1.54, 1.807) is 6.07 Å². The van der Waals surface area contributed by atoms with Crippen LogP contribution in [0.3, 0.4) is 0 Å². The highest BCUT2D eigenvalue weighted by atomic mass is 32.2. The molecule has 7 heteroatoms. The van der Waals surface area contributed by atoms with Gasteiger partial charge >= 0.3 is 0 Å². The Morgan fingerprint density at radius 1 is 1.35 bits per heavy atom. The molecule has 3 unspecified atom stereocenters. The summed E-state index contributed by atoms with van der Waals surface area (Å²) in [5, 5.41) is 3.39. The molecule has 20 heavy (non-hydrogen) atoms. The summed E-state index contributed by atoms with van der Waals surface area (Å²) in [4.78, 5) is 0. The second kappa shape index (κ2) is 5.14. The van der Waals surface area contributed by atoms with E-state index in [9.17, 15) is 8.42 Å². The van der Waals surface area contributed by atoms with Crippen LogP contribution in [0.25, 0.3) is 0 Å². The fraction of sp³-hybridized carbons (Fsp3) is 0.692. The summed E-state index contributed by atoms with van der Waals surface area (Å²) in [6, 6.07) is 3.56. The molecule has 2 bridgehead atoms. The van der Waals surface area contributed by atoms with Crippen molar-refractivity contribution in [3.8, 4) is 0 Å². The number of hydrogen-bond donors (Lipinski definition) is 1. The maximum Gasteiger partial charge on any atom is 0.275 e. The summed E-state index contributed by atoms with van der Waals surface area (Å²) in [6.45, 7) is 0.528. The van der Waals surface area contributed by atoms with Crippen LogP contribution in [-0.2, 0) is 21.3 Å². The first-order chi connectivity index (χ1) is 9.46. The van der Waals surface area contributed by atoms with Gasteiger partial charge in [-0.1, -0.05) is 0 Å².